The number of hydrogen-bond acceptors (Lipinski definition) is 6. The van der Waals surface area contributed by atoms with Crippen LogP contribution < -0.4 is 10.6 Å². The first-order chi connectivity index (χ1) is 12.7. The lowest BCUT2D eigenvalue weighted by Gasteiger charge is -2.11. The van der Waals surface area contributed by atoms with Gasteiger partial charge in [0.25, 0.3) is 0 Å². The molecule has 0 aliphatic rings. The number of rotatable bonds is 8. The van der Waals surface area contributed by atoms with Crippen molar-refractivity contribution in [2.75, 3.05) is 23.8 Å². The molecule has 0 aliphatic heterocycles. The van der Waals surface area contributed by atoms with Crippen LogP contribution in [-0.4, -0.2) is 33.2 Å². The number of aliphatic hydroxyl groups is 1. The van der Waals surface area contributed by atoms with Gasteiger partial charge in [-0.1, -0.05) is 18.2 Å². The summed E-state index contributed by atoms with van der Waals surface area (Å²) in [5.74, 6) is 0.785. The summed E-state index contributed by atoms with van der Waals surface area (Å²) in [5.41, 5.74) is 2.22. The van der Waals surface area contributed by atoms with Crippen molar-refractivity contribution in [2.45, 2.75) is 13.0 Å². The minimum absolute atomic E-state index is 0.0949. The number of aromatic nitrogens is 3. The van der Waals surface area contributed by atoms with Gasteiger partial charge in [0.15, 0.2) is 0 Å². The van der Waals surface area contributed by atoms with Gasteiger partial charge in [0, 0.05) is 32.0 Å². The molecule has 1 aromatic carbocycles. The Balaban J connectivity index is 1.81. The molecule has 26 heavy (non-hydrogen) atoms. The monoisotopic (exact) mass is 353 g/mol. The van der Waals surface area contributed by atoms with E-state index in [1.165, 1.54) is 12.1 Å². The fourth-order valence-electron chi connectivity index (χ4n) is 2.38. The highest BCUT2D eigenvalue weighted by atomic mass is 19.1. The number of pyridine rings is 1. The van der Waals surface area contributed by atoms with Gasteiger partial charge in [0.1, 0.15) is 11.6 Å². The molecule has 2 aromatic heterocycles. The number of nitrogens with zero attached hydrogens (tertiary/aromatic N) is 3. The van der Waals surface area contributed by atoms with E-state index in [0.717, 1.165) is 11.3 Å². The molecule has 0 saturated heterocycles. The van der Waals surface area contributed by atoms with E-state index in [1.807, 2.05) is 24.3 Å². The van der Waals surface area contributed by atoms with Gasteiger partial charge >= 0.3 is 0 Å². The predicted molar refractivity (Wildman–Crippen MR) is 99.2 cm³/mol. The third-order valence-corrected chi connectivity index (χ3v) is 3.63. The Kier molecular flexibility index (Phi) is 6.05. The highest BCUT2D eigenvalue weighted by Crippen LogP contribution is 2.20. The van der Waals surface area contributed by atoms with Crippen molar-refractivity contribution in [3.05, 3.63) is 66.1 Å². The smallest absolute Gasteiger partial charge is 0.225 e. The Morgan fingerprint density at radius 3 is 2.65 bits per heavy atom. The van der Waals surface area contributed by atoms with Gasteiger partial charge < -0.3 is 15.7 Å². The molecule has 0 saturated carbocycles. The second kappa shape index (κ2) is 8.87. The van der Waals surface area contributed by atoms with Gasteiger partial charge in [-0.2, -0.15) is 4.98 Å². The lowest BCUT2D eigenvalue weighted by atomic mass is 10.2. The minimum Gasteiger partial charge on any atom is -0.396 e. The Morgan fingerprint density at radius 1 is 0.962 bits per heavy atom. The summed E-state index contributed by atoms with van der Waals surface area (Å²) in [6, 6.07) is 13.8. The standard InChI is InChI=1S/C19H20FN5O/c20-15-6-3-5-14(11-15)13-23-18-12-17(16-7-1-2-8-21-16)24-19(25-18)22-9-4-10-26/h1-3,5-8,11-12,26H,4,9-10,13H2,(H2,22,23,24,25). The summed E-state index contributed by atoms with van der Waals surface area (Å²) in [6.45, 7) is 1.09. The van der Waals surface area contributed by atoms with E-state index in [0.29, 0.717) is 37.0 Å². The van der Waals surface area contributed by atoms with E-state index in [9.17, 15) is 4.39 Å². The van der Waals surface area contributed by atoms with Crippen LogP contribution in [0.3, 0.4) is 0 Å². The molecule has 0 aliphatic carbocycles. The van der Waals surface area contributed by atoms with Crippen molar-refractivity contribution in [2.24, 2.45) is 0 Å². The summed E-state index contributed by atoms with van der Waals surface area (Å²) in [7, 11) is 0. The average molecular weight is 353 g/mol. The third-order valence-electron chi connectivity index (χ3n) is 3.63. The molecule has 134 valence electrons. The summed E-state index contributed by atoms with van der Waals surface area (Å²) < 4.78 is 13.3. The molecule has 0 fully saturated rings. The second-order valence-corrected chi connectivity index (χ2v) is 5.66. The van der Waals surface area contributed by atoms with Crippen LogP contribution in [0.1, 0.15) is 12.0 Å². The normalized spacial score (nSPS) is 10.5. The Labute approximate surface area is 151 Å². The molecule has 0 amide bonds. The number of halogens is 1. The van der Waals surface area contributed by atoms with E-state index in [1.54, 1.807) is 18.3 Å². The van der Waals surface area contributed by atoms with E-state index in [4.69, 9.17) is 5.11 Å². The third kappa shape index (κ3) is 4.97. The number of anilines is 2. The molecule has 7 heteroatoms. The summed E-state index contributed by atoms with van der Waals surface area (Å²) >= 11 is 0. The van der Waals surface area contributed by atoms with E-state index in [2.05, 4.69) is 25.6 Å². The van der Waals surface area contributed by atoms with Gasteiger partial charge in [-0.15, -0.1) is 0 Å². The van der Waals surface area contributed by atoms with E-state index < -0.39 is 0 Å². The molecule has 2 heterocycles. The highest BCUT2D eigenvalue weighted by Gasteiger charge is 2.08. The van der Waals surface area contributed by atoms with Crippen LogP contribution in [0.4, 0.5) is 16.2 Å². The first-order valence-electron chi connectivity index (χ1n) is 8.38. The molecule has 3 N–H and O–H groups in total. The maximum Gasteiger partial charge on any atom is 0.225 e. The van der Waals surface area contributed by atoms with Gasteiger partial charge in [-0.3, -0.25) is 4.98 Å². The van der Waals surface area contributed by atoms with E-state index >= 15 is 0 Å². The number of aliphatic hydroxyl groups excluding tert-OH is 1. The molecular weight excluding hydrogens is 333 g/mol. The van der Waals surface area contributed by atoms with E-state index in [-0.39, 0.29) is 12.4 Å². The molecule has 6 nitrogen and oxygen atoms in total. The van der Waals surface area contributed by atoms with Crippen molar-refractivity contribution < 1.29 is 9.50 Å². The zero-order valence-corrected chi connectivity index (χ0v) is 14.2. The van der Waals surface area contributed by atoms with Crippen molar-refractivity contribution in [1.29, 1.82) is 0 Å². The molecule has 0 spiro atoms. The number of benzene rings is 1. The minimum atomic E-state index is -0.271. The maximum absolute atomic E-state index is 13.3. The quantitative estimate of drug-likeness (QED) is 0.540. The van der Waals surface area contributed by atoms with Gasteiger partial charge in [0.05, 0.1) is 11.4 Å². The van der Waals surface area contributed by atoms with Crippen LogP contribution in [0, 0.1) is 5.82 Å². The summed E-state index contributed by atoms with van der Waals surface area (Å²) in [6.07, 6.45) is 2.30. The Hall–Kier alpha value is -3.06. The van der Waals surface area contributed by atoms with Gasteiger partial charge in [0.2, 0.25) is 5.95 Å². The van der Waals surface area contributed by atoms with Crippen LogP contribution >= 0.6 is 0 Å². The SMILES string of the molecule is OCCCNc1nc(NCc2cccc(F)c2)cc(-c2ccccn2)n1. The molecular formula is C19H20FN5O. The Morgan fingerprint density at radius 2 is 1.88 bits per heavy atom. The van der Waals surface area contributed by atoms with Crippen LogP contribution in [0.15, 0.2) is 54.7 Å². The van der Waals surface area contributed by atoms with Crippen molar-refractivity contribution >= 4 is 11.8 Å². The zero-order valence-electron chi connectivity index (χ0n) is 14.2. The molecule has 0 radical (unpaired) electrons. The molecule has 0 atom stereocenters. The summed E-state index contributed by atoms with van der Waals surface area (Å²) in [5, 5.41) is 15.2. The Bertz CT molecular complexity index is 844. The largest absolute Gasteiger partial charge is 0.396 e. The fourth-order valence-corrected chi connectivity index (χ4v) is 2.38. The fraction of sp³-hybridized carbons (Fsp3) is 0.211. The molecule has 0 bridgehead atoms. The maximum atomic E-state index is 13.3. The molecule has 0 unspecified atom stereocenters. The molecule has 3 aromatic rings. The summed E-state index contributed by atoms with van der Waals surface area (Å²) in [4.78, 5) is 13.2. The predicted octanol–water partition coefficient (Wildman–Crippen LogP) is 3.08. The molecule has 3 rings (SSSR count). The topological polar surface area (TPSA) is 83.0 Å². The number of nitrogens with one attached hydrogen (secondary N) is 2. The van der Waals surface area contributed by atoms with Gasteiger partial charge in [-0.05, 0) is 36.2 Å². The highest BCUT2D eigenvalue weighted by molar-refractivity contribution is 5.60. The second-order valence-electron chi connectivity index (χ2n) is 5.66. The van der Waals surface area contributed by atoms with Crippen molar-refractivity contribution in [3.8, 4) is 11.4 Å². The van der Waals surface area contributed by atoms with Crippen LogP contribution in [0.5, 0.6) is 0 Å². The number of hydrogen-bond donors (Lipinski definition) is 3. The average Bonchev–Trinajstić information content (AvgIpc) is 2.67. The van der Waals surface area contributed by atoms with Crippen molar-refractivity contribution in [1.82, 2.24) is 15.0 Å². The lowest BCUT2D eigenvalue weighted by molar-refractivity contribution is 0.292. The lowest BCUT2D eigenvalue weighted by Crippen LogP contribution is -2.10. The van der Waals surface area contributed by atoms with Crippen molar-refractivity contribution in [3.63, 3.8) is 0 Å². The van der Waals surface area contributed by atoms with Crippen LogP contribution in [-0.2, 0) is 6.54 Å². The van der Waals surface area contributed by atoms with Gasteiger partial charge in [-0.25, -0.2) is 9.37 Å². The van der Waals surface area contributed by atoms with Crippen LogP contribution in [0.2, 0.25) is 0 Å². The van der Waals surface area contributed by atoms with Crippen LogP contribution in [0.25, 0.3) is 11.4 Å². The first-order valence-corrected chi connectivity index (χ1v) is 8.38. The zero-order chi connectivity index (χ0) is 18.2. The first kappa shape index (κ1) is 17.8.